The molecule has 114 valence electrons. The van der Waals surface area contributed by atoms with Gasteiger partial charge in [-0.15, -0.1) is 10.2 Å². The Bertz CT molecular complexity index is 558. The third-order valence-electron chi connectivity index (χ3n) is 3.28. The summed E-state index contributed by atoms with van der Waals surface area (Å²) in [5.74, 6) is 0.679. The molecule has 0 aliphatic rings. The van der Waals surface area contributed by atoms with E-state index in [1.54, 1.807) is 18.1 Å². The summed E-state index contributed by atoms with van der Waals surface area (Å²) >= 11 is 1.59. The van der Waals surface area contributed by atoms with E-state index >= 15 is 0 Å². The number of benzene rings is 1. The largest absolute Gasteiger partial charge is 0.394 e. The van der Waals surface area contributed by atoms with Gasteiger partial charge in [0.15, 0.2) is 5.16 Å². The van der Waals surface area contributed by atoms with Crippen LogP contribution < -0.4 is 5.32 Å². The van der Waals surface area contributed by atoms with E-state index in [1.165, 1.54) is 0 Å². The van der Waals surface area contributed by atoms with E-state index < -0.39 is 5.54 Å². The Balaban J connectivity index is 2.25. The van der Waals surface area contributed by atoms with Gasteiger partial charge in [-0.1, -0.05) is 42.1 Å². The lowest BCUT2D eigenvalue weighted by molar-refractivity contribution is 0.169. The highest BCUT2D eigenvalue weighted by atomic mass is 32.2. The summed E-state index contributed by atoms with van der Waals surface area (Å²) in [6, 6.07) is 10.3. The second kappa shape index (κ2) is 7.06. The van der Waals surface area contributed by atoms with E-state index in [0.717, 1.165) is 10.7 Å². The average molecular weight is 306 g/mol. The average Bonchev–Trinajstić information content (AvgIpc) is 2.89. The van der Waals surface area contributed by atoms with Gasteiger partial charge >= 0.3 is 0 Å². The monoisotopic (exact) mass is 306 g/mol. The molecular formula is C15H22N4OS. The quantitative estimate of drug-likeness (QED) is 0.764. The lowest BCUT2D eigenvalue weighted by Gasteiger charge is -2.35. The van der Waals surface area contributed by atoms with Crippen molar-refractivity contribution >= 4 is 11.8 Å². The van der Waals surface area contributed by atoms with Gasteiger partial charge in [-0.05, 0) is 19.4 Å². The highest BCUT2D eigenvalue weighted by Crippen LogP contribution is 2.29. The number of thioether (sulfide) groups is 1. The van der Waals surface area contributed by atoms with Crippen LogP contribution in [-0.4, -0.2) is 38.3 Å². The number of rotatable bonds is 7. The molecule has 2 rings (SSSR count). The maximum atomic E-state index is 10.1. The van der Waals surface area contributed by atoms with E-state index in [2.05, 4.69) is 29.4 Å². The molecule has 2 N–H and O–H groups in total. The number of aliphatic hydroxyl groups is 1. The van der Waals surface area contributed by atoms with Gasteiger partial charge in [0.05, 0.1) is 12.1 Å². The number of nitrogens with one attached hydrogen (secondary N) is 1. The Kier molecular flexibility index (Phi) is 5.39. The second-order valence-electron chi connectivity index (χ2n) is 5.42. The van der Waals surface area contributed by atoms with Crippen molar-refractivity contribution in [1.29, 1.82) is 0 Å². The first-order valence-electron chi connectivity index (χ1n) is 6.98. The topological polar surface area (TPSA) is 63.0 Å². The van der Waals surface area contributed by atoms with Gasteiger partial charge in [0, 0.05) is 18.8 Å². The summed E-state index contributed by atoms with van der Waals surface area (Å²) < 4.78 is 1.88. The summed E-state index contributed by atoms with van der Waals surface area (Å²) in [7, 11) is 1.92. The first kappa shape index (κ1) is 16.0. The minimum absolute atomic E-state index is 0.0278. The van der Waals surface area contributed by atoms with Crippen LogP contribution in [0.1, 0.15) is 19.4 Å². The first-order chi connectivity index (χ1) is 10.1. The van der Waals surface area contributed by atoms with Crippen molar-refractivity contribution in [2.24, 2.45) is 7.05 Å². The smallest absolute Gasteiger partial charge is 0.190 e. The maximum absolute atomic E-state index is 10.1. The maximum Gasteiger partial charge on any atom is 0.190 e. The van der Waals surface area contributed by atoms with E-state index in [4.69, 9.17) is 0 Å². The number of aromatic nitrogens is 3. The first-order valence-corrected chi connectivity index (χ1v) is 7.97. The molecule has 0 spiro atoms. The molecule has 0 saturated heterocycles. The van der Waals surface area contributed by atoms with E-state index in [1.807, 2.05) is 41.9 Å². The number of nitrogens with zero attached hydrogens (tertiary/aromatic N) is 3. The molecule has 0 aliphatic carbocycles. The predicted octanol–water partition coefficient (Wildman–Crippen LogP) is 1.79. The van der Waals surface area contributed by atoms with Crippen molar-refractivity contribution in [2.45, 2.75) is 30.6 Å². The molecule has 2 aromatic rings. The number of aryl methyl sites for hydroxylation is 1. The highest BCUT2D eigenvalue weighted by molar-refractivity contribution is 7.99. The van der Waals surface area contributed by atoms with Crippen LogP contribution in [0.5, 0.6) is 0 Å². The van der Waals surface area contributed by atoms with Gasteiger partial charge in [0.2, 0.25) is 0 Å². The van der Waals surface area contributed by atoms with Gasteiger partial charge in [0.25, 0.3) is 0 Å². The number of aliphatic hydroxyl groups excluding tert-OH is 1. The highest BCUT2D eigenvalue weighted by Gasteiger charge is 2.32. The summed E-state index contributed by atoms with van der Waals surface area (Å²) in [6.07, 6.45) is 1.68. The van der Waals surface area contributed by atoms with Gasteiger partial charge in [-0.2, -0.15) is 0 Å². The molecule has 5 nitrogen and oxygen atoms in total. The van der Waals surface area contributed by atoms with Crippen LogP contribution in [0.2, 0.25) is 0 Å². The molecule has 6 heteroatoms. The van der Waals surface area contributed by atoms with Crippen LogP contribution in [-0.2, 0) is 12.6 Å². The molecule has 21 heavy (non-hydrogen) atoms. The Morgan fingerprint density at radius 2 is 2.05 bits per heavy atom. The van der Waals surface area contributed by atoms with Gasteiger partial charge in [0.1, 0.15) is 6.33 Å². The fraction of sp³-hybridized carbons (Fsp3) is 0.467. The fourth-order valence-corrected chi connectivity index (χ4v) is 3.36. The van der Waals surface area contributed by atoms with Crippen molar-refractivity contribution in [1.82, 2.24) is 20.1 Å². The van der Waals surface area contributed by atoms with Crippen LogP contribution in [0.4, 0.5) is 0 Å². The van der Waals surface area contributed by atoms with Crippen molar-refractivity contribution in [3.8, 4) is 0 Å². The number of hydrogen-bond acceptors (Lipinski definition) is 5. The van der Waals surface area contributed by atoms with Crippen LogP contribution in [0.25, 0.3) is 0 Å². The summed E-state index contributed by atoms with van der Waals surface area (Å²) in [5, 5.41) is 22.4. The third-order valence-corrected chi connectivity index (χ3v) is 4.54. The van der Waals surface area contributed by atoms with Crippen molar-refractivity contribution < 1.29 is 5.11 Å². The van der Waals surface area contributed by atoms with Crippen molar-refractivity contribution in [2.75, 3.05) is 12.4 Å². The number of hydrogen-bond donors (Lipinski definition) is 2. The summed E-state index contributed by atoms with van der Waals surface area (Å²) in [6.45, 7) is 4.20. The van der Waals surface area contributed by atoms with Crippen LogP contribution in [0, 0.1) is 0 Å². The third kappa shape index (κ3) is 3.84. The molecule has 0 saturated carbocycles. The van der Waals surface area contributed by atoms with E-state index in [0.29, 0.717) is 5.75 Å². The molecule has 0 bridgehead atoms. The molecule has 0 aliphatic heterocycles. The van der Waals surface area contributed by atoms with Gasteiger partial charge < -0.3 is 15.0 Å². The normalized spacial score (nSPS) is 14.3. The molecule has 1 unspecified atom stereocenters. The lowest BCUT2D eigenvalue weighted by atomic mass is 9.92. The van der Waals surface area contributed by atoms with Gasteiger partial charge in [-0.3, -0.25) is 0 Å². The molecular weight excluding hydrogens is 284 g/mol. The Hall–Kier alpha value is -1.37. The summed E-state index contributed by atoms with van der Waals surface area (Å²) in [4.78, 5) is 0. The standard InChI is InChI=1S/C15H22N4OS/c1-12(2)17-15(9-20,13-7-5-4-6-8-13)10-21-14-18-16-11-19(14)3/h4-8,11-12,17,20H,9-10H2,1-3H3. The van der Waals surface area contributed by atoms with Crippen LogP contribution in [0.15, 0.2) is 41.8 Å². The lowest BCUT2D eigenvalue weighted by Crippen LogP contribution is -2.51. The minimum atomic E-state index is -0.494. The molecule has 1 atom stereocenters. The SMILES string of the molecule is CC(C)NC(CO)(CSc1nncn1C)c1ccccc1. The zero-order chi connectivity index (χ0) is 15.3. The summed E-state index contributed by atoms with van der Waals surface area (Å²) in [5.41, 5.74) is 0.586. The Labute approximate surface area is 129 Å². The van der Waals surface area contributed by atoms with E-state index in [-0.39, 0.29) is 12.6 Å². The second-order valence-corrected chi connectivity index (χ2v) is 6.36. The fourth-order valence-electron chi connectivity index (χ4n) is 2.29. The predicted molar refractivity (Wildman–Crippen MR) is 85.2 cm³/mol. The molecule has 1 aromatic heterocycles. The molecule has 1 aromatic carbocycles. The molecule has 0 amide bonds. The van der Waals surface area contributed by atoms with Crippen LogP contribution in [0.3, 0.4) is 0 Å². The zero-order valence-corrected chi connectivity index (χ0v) is 13.5. The van der Waals surface area contributed by atoms with Crippen molar-refractivity contribution in [3.05, 3.63) is 42.2 Å². The Morgan fingerprint density at radius 3 is 2.57 bits per heavy atom. The Morgan fingerprint density at radius 1 is 1.33 bits per heavy atom. The molecule has 0 fully saturated rings. The minimum Gasteiger partial charge on any atom is -0.394 e. The molecule has 1 heterocycles. The van der Waals surface area contributed by atoms with Gasteiger partial charge in [-0.25, -0.2) is 0 Å². The van der Waals surface area contributed by atoms with Crippen molar-refractivity contribution in [3.63, 3.8) is 0 Å². The molecule has 0 radical (unpaired) electrons. The zero-order valence-electron chi connectivity index (χ0n) is 12.7. The van der Waals surface area contributed by atoms with Crippen LogP contribution >= 0.6 is 11.8 Å². The van der Waals surface area contributed by atoms with E-state index in [9.17, 15) is 5.11 Å².